The maximum atomic E-state index is 11.3. The first kappa shape index (κ1) is 7.98. The highest BCUT2D eigenvalue weighted by atomic mass is 16.5. The van der Waals surface area contributed by atoms with Gasteiger partial charge in [-0.2, -0.15) is 0 Å². The molecule has 1 atom stereocenters. The van der Waals surface area contributed by atoms with Crippen molar-refractivity contribution in [2.24, 2.45) is 10.9 Å². The molecule has 0 unspecified atom stereocenters. The maximum Gasteiger partial charge on any atom is 0.317 e. The Morgan fingerprint density at radius 3 is 3.15 bits per heavy atom. The fourth-order valence-electron chi connectivity index (χ4n) is 1.45. The number of nitrogens with zero attached hydrogens (tertiary/aromatic N) is 1. The third-order valence-electron chi connectivity index (χ3n) is 2.11. The molecule has 3 heteroatoms. The number of rotatable bonds is 1. The van der Waals surface area contributed by atoms with Gasteiger partial charge in [-0.25, -0.2) is 0 Å². The largest absolute Gasteiger partial charge is 0.468 e. The molecule has 3 nitrogen and oxygen atoms in total. The molecule has 0 saturated heterocycles. The summed E-state index contributed by atoms with van der Waals surface area (Å²) in [4.78, 5) is 15.4. The second kappa shape index (κ2) is 3.01. The first-order valence-corrected chi connectivity index (χ1v) is 4.04. The highest BCUT2D eigenvalue weighted by Gasteiger charge is 2.26. The van der Waals surface area contributed by atoms with E-state index >= 15 is 0 Å². The molecular formula is C10H9NO2. The minimum atomic E-state index is -0.285. The highest BCUT2D eigenvalue weighted by molar-refractivity contribution is 5.87. The molecule has 1 aliphatic carbocycles. The number of aliphatic imine (C=N–C) groups is 1. The number of methoxy groups -OCH3 is 1. The van der Waals surface area contributed by atoms with Crippen LogP contribution in [0.4, 0.5) is 0 Å². The van der Waals surface area contributed by atoms with Gasteiger partial charge in [0, 0.05) is 6.21 Å². The van der Waals surface area contributed by atoms with Crippen molar-refractivity contribution in [3.63, 3.8) is 0 Å². The molecule has 0 aromatic carbocycles. The second-order valence-corrected chi connectivity index (χ2v) is 2.84. The topological polar surface area (TPSA) is 38.7 Å². The number of carbonyl (C=O) groups excluding carboxylic acids is 1. The summed E-state index contributed by atoms with van der Waals surface area (Å²) in [7, 11) is 1.39. The minimum Gasteiger partial charge on any atom is -0.468 e. The number of hydrogen-bond donors (Lipinski definition) is 0. The molecule has 0 radical (unpaired) electrons. The third kappa shape index (κ3) is 1.22. The quantitative estimate of drug-likeness (QED) is 0.562. The van der Waals surface area contributed by atoms with E-state index in [9.17, 15) is 4.79 Å². The van der Waals surface area contributed by atoms with Crippen molar-refractivity contribution in [3.05, 3.63) is 35.6 Å². The number of ether oxygens (including phenoxy) is 1. The summed E-state index contributed by atoms with van der Waals surface area (Å²) in [5.74, 6) is -0.522. The van der Waals surface area contributed by atoms with Crippen LogP contribution >= 0.6 is 0 Å². The lowest BCUT2D eigenvalue weighted by molar-refractivity contribution is -0.142. The predicted octanol–water partition coefficient (Wildman–Crippen LogP) is 1.24. The molecule has 0 N–H and O–H groups in total. The Bertz CT molecular complexity index is 361. The maximum absolute atomic E-state index is 11.3. The molecule has 0 aromatic heterocycles. The van der Waals surface area contributed by atoms with Crippen molar-refractivity contribution in [1.29, 1.82) is 0 Å². The first-order chi connectivity index (χ1) is 6.33. The van der Waals surface area contributed by atoms with Crippen LogP contribution in [0.2, 0.25) is 0 Å². The van der Waals surface area contributed by atoms with E-state index in [4.69, 9.17) is 0 Å². The molecule has 0 spiro atoms. The summed E-state index contributed by atoms with van der Waals surface area (Å²) < 4.78 is 4.68. The van der Waals surface area contributed by atoms with Gasteiger partial charge in [-0.1, -0.05) is 12.2 Å². The van der Waals surface area contributed by atoms with Crippen molar-refractivity contribution < 1.29 is 9.53 Å². The lowest BCUT2D eigenvalue weighted by Gasteiger charge is -2.15. The van der Waals surface area contributed by atoms with Gasteiger partial charge in [-0.05, 0) is 17.7 Å². The molecule has 66 valence electrons. The Hall–Kier alpha value is -1.64. The Kier molecular flexibility index (Phi) is 1.85. The normalized spacial score (nSPS) is 23.6. The average molecular weight is 175 g/mol. The third-order valence-corrected chi connectivity index (χ3v) is 2.11. The summed E-state index contributed by atoms with van der Waals surface area (Å²) in [6.45, 7) is 0. The van der Waals surface area contributed by atoms with Crippen molar-refractivity contribution in [3.8, 4) is 0 Å². The van der Waals surface area contributed by atoms with Crippen molar-refractivity contribution in [2.75, 3.05) is 7.11 Å². The fourth-order valence-corrected chi connectivity index (χ4v) is 1.45. The summed E-state index contributed by atoms with van der Waals surface area (Å²) in [6, 6.07) is 0. The van der Waals surface area contributed by atoms with E-state index in [1.165, 1.54) is 7.11 Å². The van der Waals surface area contributed by atoms with Crippen LogP contribution in [0.5, 0.6) is 0 Å². The molecule has 0 amide bonds. The van der Waals surface area contributed by atoms with E-state index in [1.54, 1.807) is 6.21 Å². The van der Waals surface area contributed by atoms with Gasteiger partial charge < -0.3 is 4.74 Å². The fraction of sp³-hybridized carbons (Fsp3) is 0.200. The number of allylic oxidation sites excluding steroid dienone is 4. The molecule has 1 heterocycles. The molecule has 0 aromatic rings. The van der Waals surface area contributed by atoms with Crippen LogP contribution in [0.15, 0.2) is 40.6 Å². The molecular weight excluding hydrogens is 166 g/mol. The zero-order valence-electron chi connectivity index (χ0n) is 7.23. The van der Waals surface area contributed by atoms with Gasteiger partial charge in [0.15, 0.2) is 0 Å². The molecule has 0 saturated carbocycles. The number of carbonyl (C=O) groups is 1. The Balaban J connectivity index is 2.30. The van der Waals surface area contributed by atoms with Crippen LogP contribution < -0.4 is 0 Å². The second-order valence-electron chi connectivity index (χ2n) is 2.84. The molecule has 0 bridgehead atoms. The monoisotopic (exact) mass is 175 g/mol. The van der Waals surface area contributed by atoms with Crippen LogP contribution in [0.25, 0.3) is 0 Å². The lowest BCUT2D eigenvalue weighted by atomic mass is 9.93. The SMILES string of the molecule is COC(=O)[C@@H]1C=CC=C2N=CC=C21. The van der Waals surface area contributed by atoms with Crippen LogP contribution in [0.1, 0.15) is 0 Å². The molecule has 2 aliphatic rings. The first-order valence-electron chi connectivity index (χ1n) is 4.04. The smallest absolute Gasteiger partial charge is 0.317 e. The standard InChI is InChI=1S/C10H9NO2/c1-13-10(12)8-3-2-4-9-7(8)5-6-11-9/h2-6,8H,1H3/t8-/m1/s1. The Morgan fingerprint density at radius 1 is 1.54 bits per heavy atom. The number of fused-ring (bicyclic) bond motifs is 1. The van der Waals surface area contributed by atoms with E-state index in [0.29, 0.717) is 0 Å². The number of esters is 1. The van der Waals surface area contributed by atoms with Crippen molar-refractivity contribution in [1.82, 2.24) is 0 Å². The van der Waals surface area contributed by atoms with Gasteiger partial charge in [-0.15, -0.1) is 0 Å². The molecule has 13 heavy (non-hydrogen) atoms. The Labute approximate surface area is 76.1 Å². The summed E-state index contributed by atoms with van der Waals surface area (Å²) in [5, 5.41) is 0. The molecule has 2 rings (SSSR count). The average Bonchev–Trinajstić information content (AvgIpc) is 2.63. The van der Waals surface area contributed by atoms with Gasteiger partial charge in [0.25, 0.3) is 0 Å². The van der Waals surface area contributed by atoms with Crippen LogP contribution in [-0.2, 0) is 9.53 Å². The highest BCUT2D eigenvalue weighted by Crippen LogP contribution is 2.29. The van der Waals surface area contributed by atoms with Crippen LogP contribution in [-0.4, -0.2) is 19.3 Å². The van der Waals surface area contributed by atoms with Gasteiger partial charge in [0.1, 0.15) is 5.92 Å². The van der Waals surface area contributed by atoms with Gasteiger partial charge >= 0.3 is 5.97 Å². The minimum absolute atomic E-state index is 0.237. The summed E-state index contributed by atoms with van der Waals surface area (Å²) in [6.07, 6.45) is 9.07. The molecule has 0 fully saturated rings. The predicted molar refractivity (Wildman–Crippen MR) is 49.3 cm³/mol. The summed E-state index contributed by atoms with van der Waals surface area (Å²) in [5.41, 5.74) is 1.78. The van der Waals surface area contributed by atoms with E-state index in [0.717, 1.165) is 11.3 Å². The van der Waals surface area contributed by atoms with E-state index in [-0.39, 0.29) is 11.9 Å². The zero-order valence-corrected chi connectivity index (χ0v) is 7.23. The Morgan fingerprint density at radius 2 is 2.38 bits per heavy atom. The van der Waals surface area contributed by atoms with Gasteiger partial charge in [0.2, 0.25) is 0 Å². The van der Waals surface area contributed by atoms with Gasteiger partial charge in [0.05, 0.1) is 12.8 Å². The van der Waals surface area contributed by atoms with Crippen LogP contribution in [0.3, 0.4) is 0 Å². The summed E-state index contributed by atoms with van der Waals surface area (Å²) >= 11 is 0. The van der Waals surface area contributed by atoms with E-state index in [1.807, 2.05) is 24.3 Å². The van der Waals surface area contributed by atoms with Crippen molar-refractivity contribution in [2.45, 2.75) is 0 Å². The van der Waals surface area contributed by atoms with E-state index < -0.39 is 0 Å². The zero-order chi connectivity index (χ0) is 9.26. The van der Waals surface area contributed by atoms with E-state index in [2.05, 4.69) is 9.73 Å². The van der Waals surface area contributed by atoms with Crippen molar-refractivity contribution >= 4 is 12.2 Å². The van der Waals surface area contributed by atoms with Gasteiger partial charge in [-0.3, -0.25) is 9.79 Å². The van der Waals surface area contributed by atoms with Crippen LogP contribution in [0, 0.1) is 5.92 Å². The molecule has 1 aliphatic heterocycles. The number of hydrogen-bond acceptors (Lipinski definition) is 3. The lowest BCUT2D eigenvalue weighted by Crippen LogP contribution is -2.17.